The van der Waals surface area contributed by atoms with Gasteiger partial charge in [0.2, 0.25) is 0 Å². The third-order valence-electron chi connectivity index (χ3n) is 15.9. The molecule has 4 saturated carbocycles. The summed E-state index contributed by atoms with van der Waals surface area (Å²) in [5, 5.41) is 0.706. The van der Waals surface area contributed by atoms with Gasteiger partial charge in [-0.3, -0.25) is 4.79 Å². The first kappa shape index (κ1) is 38.7. The van der Waals surface area contributed by atoms with Crippen molar-refractivity contribution in [1.29, 1.82) is 0 Å². The van der Waals surface area contributed by atoms with Gasteiger partial charge >= 0.3 is 12.1 Å². The van der Waals surface area contributed by atoms with Gasteiger partial charge in [-0.2, -0.15) is 0 Å². The quantitative estimate of drug-likeness (QED) is 0.208. The van der Waals surface area contributed by atoms with Crippen LogP contribution in [0.4, 0.5) is 4.79 Å². The molecule has 1 unspecified atom stereocenters. The van der Waals surface area contributed by atoms with E-state index in [-0.39, 0.29) is 45.2 Å². The number of carbonyl (C=O) groups excluding carboxylic acids is 2. The summed E-state index contributed by atoms with van der Waals surface area (Å²) >= 11 is 6.23. The van der Waals surface area contributed by atoms with Gasteiger partial charge in [0.1, 0.15) is 11.7 Å². The molecule has 0 saturated heterocycles. The first-order valence-corrected chi connectivity index (χ1v) is 20.7. The van der Waals surface area contributed by atoms with E-state index in [4.69, 9.17) is 21.1 Å². The molecule has 8 atom stereocenters. The van der Waals surface area contributed by atoms with E-state index in [0.29, 0.717) is 41.8 Å². The van der Waals surface area contributed by atoms with Crippen LogP contribution in [0.15, 0.2) is 35.4 Å². The van der Waals surface area contributed by atoms with E-state index >= 15 is 0 Å². The van der Waals surface area contributed by atoms with Gasteiger partial charge < -0.3 is 14.4 Å². The van der Waals surface area contributed by atoms with Crippen molar-refractivity contribution in [3.63, 3.8) is 0 Å². The molecular weight excluding hydrogens is 654 g/mol. The summed E-state index contributed by atoms with van der Waals surface area (Å²) in [5.41, 5.74) is 4.89. The Morgan fingerprint density at radius 3 is 2.20 bits per heavy atom. The largest absolute Gasteiger partial charge is 0.462 e. The lowest BCUT2D eigenvalue weighted by molar-refractivity contribution is -0.233. The van der Waals surface area contributed by atoms with Crippen LogP contribution in [0.1, 0.15) is 152 Å². The van der Waals surface area contributed by atoms with Crippen molar-refractivity contribution in [3.8, 4) is 0 Å². The summed E-state index contributed by atoms with van der Waals surface area (Å²) in [5.74, 6) is 2.21. The van der Waals surface area contributed by atoms with Crippen molar-refractivity contribution in [2.24, 2.45) is 50.7 Å². The molecule has 1 amide bonds. The van der Waals surface area contributed by atoms with Gasteiger partial charge in [0.15, 0.2) is 0 Å². The van der Waals surface area contributed by atoms with Gasteiger partial charge in [-0.05, 0) is 154 Å². The molecule has 0 radical (unpaired) electrons. The molecule has 1 aromatic carbocycles. The van der Waals surface area contributed by atoms with Crippen molar-refractivity contribution < 1.29 is 19.1 Å². The van der Waals surface area contributed by atoms with Gasteiger partial charge in [0.25, 0.3) is 0 Å². The SMILES string of the molecule is CC(=O)O[C@H]1CC[C@]2(C)[C@H]3CCC4C5=C(C(C)C)CC[C@]5(CCN(Cc5ccc(Cl)cc5)C(=O)OC(C)(C)C)CC[C@@]4(C)[C@]3(C)CC[C@H]2C1(C)C. The molecular formula is C45H68ClNO4. The first-order chi connectivity index (χ1) is 23.7. The summed E-state index contributed by atoms with van der Waals surface area (Å²) in [6.45, 7) is 26.3. The summed E-state index contributed by atoms with van der Waals surface area (Å²) in [7, 11) is 0. The molecule has 0 N–H and O–H groups in total. The normalized spacial score (nSPS) is 37.2. The fourth-order valence-electron chi connectivity index (χ4n) is 13.3. The monoisotopic (exact) mass is 721 g/mol. The molecule has 0 aromatic heterocycles. The Kier molecular flexibility index (Phi) is 10.2. The highest BCUT2D eigenvalue weighted by atomic mass is 35.5. The zero-order valence-corrected chi connectivity index (χ0v) is 34.6. The van der Waals surface area contributed by atoms with Crippen molar-refractivity contribution in [1.82, 2.24) is 4.90 Å². The molecule has 0 bridgehead atoms. The number of carbonyl (C=O) groups is 2. The van der Waals surface area contributed by atoms with E-state index in [2.05, 4.69) is 48.5 Å². The molecule has 5 aliphatic rings. The Balaban J connectivity index is 1.30. The van der Waals surface area contributed by atoms with E-state index in [0.717, 1.165) is 24.8 Å². The van der Waals surface area contributed by atoms with E-state index in [1.165, 1.54) is 51.4 Å². The maximum atomic E-state index is 13.7. The smallest absolute Gasteiger partial charge is 0.410 e. The standard InChI is InChI=1S/C45H68ClNO4/c1-29(2)33-18-23-45(26-27-47(39(49)51-40(4,5)6)28-31-12-14-32(46)15-13-31)25-24-43(10)34(38(33)45)16-17-36-42(9)21-20-37(50-30(3)48)41(7,8)35(42)19-22-44(36,43)11/h12-15,29,34-37H,16-28H2,1-11H3/t34?,35-,36+,37-,42-,43+,44+,45+/m0/s1. The lowest BCUT2D eigenvalue weighted by Crippen LogP contribution is -2.65. The van der Waals surface area contributed by atoms with Crippen LogP contribution in [0, 0.1) is 50.7 Å². The lowest BCUT2D eigenvalue weighted by Gasteiger charge is -2.72. The Labute approximate surface area is 315 Å². The number of benzene rings is 1. The summed E-state index contributed by atoms with van der Waals surface area (Å²) in [6.07, 6.45) is 12.8. The average molecular weight is 722 g/mol. The Hall–Kier alpha value is -2.01. The Morgan fingerprint density at radius 2 is 1.57 bits per heavy atom. The lowest BCUT2D eigenvalue weighted by atomic mass is 9.33. The van der Waals surface area contributed by atoms with Crippen LogP contribution in [0.5, 0.6) is 0 Å². The maximum absolute atomic E-state index is 13.7. The van der Waals surface area contributed by atoms with Crippen molar-refractivity contribution in [2.75, 3.05) is 6.54 Å². The molecule has 6 rings (SSSR count). The van der Waals surface area contributed by atoms with E-state index in [1.54, 1.807) is 18.1 Å². The number of amides is 1. The van der Waals surface area contributed by atoms with Gasteiger partial charge in [-0.1, -0.05) is 83.3 Å². The Morgan fingerprint density at radius 1 is 0.882 bits per heavy atom. The zero-order valence-electron chi connectivity index (χ0n) is 33.8. The zero-order chi connectivity index (χ0) is 37.4. The molecule has 5 aliphatic carbocycles. The number of nitrogens with zero attached hydrogens (tertiary/aromatic N) is 1. The van der Waals surface area contributed by atoms with E-state index in [1.807, 2.05) is 49.9 Å². The second kappa shape index (κ2) is 13.4. The van der Waals surface area contributed by atoms with Crippen LogP contribution in [-0.2, 0) is 20.8 Å². The van der Waals surface area contributed by atoms with Crippen LogP contribution < -0.4 is 0 Å². The molecule has 5 nitrogen and oxygen atoms in total. The van der Waals surface area contributed by atoms with Crippen LogP contribution in [0.25, 0.3) is 0 Å². The molecule has 6 heteroatoms. The molecule has 0 aliphatic heterocycles. The highest BCUT2D eigenvalue weighted by Crippen LogP contribution is 2.77. The minimum Gasteiger partial charge on any atom is -0.462 e. The molecule has 4 fully saturated rings. The summed E-state index contributed by atoms with van der Waals surface area (Å²) < 4.78 is 12.0. The van der Waals surface area contributed by atoms with Crippen molar-refractivity contribution in [3.05, 3.63) is 46.0 Å². The van der Waals surface area contributed by atoms with Crippen molar-refractivity contribution in [2.45, 2.75) is 165 Å². The fraction of sp³-hybridized carbons (Fsp3) is 0.778. The van der Waals surface area contributed by atoms with Crippen LogP contribution >= 0.6 is 11.6 Å². The number of halogens is 1. The number of ether oxygens (including phenoxy) is 2. The highest BCUT2D eigenvalue weighted by Gasteiger charge is 2.69. The second-order valence-electron chi connectivity index (χ2n) is 20.2. The highest BCUT2D eigenvalue weighted by molar-refractivity contribution is 6.30. The van der Waals surface area contributed by atoms with Crippen molar-refractivity contribution >= 4 is 23.7 Å². The number of hydrogen-bond donors (Lipinski definition) is 0. The second-order valence-corrected chi connectivity index (χ2v) is 20.7. The summed E-state index contributed by atoms with van der Waals surface area (Å²) in [6, 6.07) is 7.88. The van der Waals surface area contributed by atoms with Gasteiger partial charge in [0, 0.05) is 30.5 Å². The molecule has 284 valence electrons. The van der Waals surface area contributed by atoms with Crippen LogP contribution in [0.3, 0.4) is 0 Å². The third kappa shape index (κ3) is 6.60. The minimum absolute atomic E-state index is 0.0110. The number of esters is 1. The predicted octanol–water partition coefficient (Wildman–Crippen LogP) is 12.2. The molecule has 0 heterocycles. The number of hydrogen-bond acceptors (Lipinski definition) is 4. The maximum Gasteiger partial charge on any atom is 0.410 e. The van der Waals surface area contributed by atoms with Gasteiger partial charge in [-0.25, -0.2) is 4.79 Å². The third-order valence-corrected chi connectivity index (χ3v) is 16.1. The minimum atomic E-state index is -0.553. The Bertz CT molecular complexity index is 1520. The molecule has 51 heavy (non-hydrogen) atoms. The van der Waals surface area contributed by atoms with E-state index < -0.39 is 5.60 Å². The topological polar surface area (TPSA) is 55.8 Å². The van der Waals surface area contributed by atoms with Gasteiger partial charge in [0.05, 0.1) is 0 Å². The first-order valence-electron chi connectivity index (χ1n) is 20.3. The van der Waals surface area contributed by atoms with Crippen LogP contribution in [-0.4, -0.2) is 35.2 Å². The number of rotatable bonds is 7. The number of fused-ring (bicyclic) bond motifs is 7. The molecule has 1 aromatic rings. The van der Waals surface area contributed by atoms with Crippen LogP contribution in [0.2, 0.25) is 5.02 Å². The average Bonchev–Trinajstić information content (AvgIpc) is 3.41. The predicted molar refractivity (Wildman–Crippen MR) is 207 cm³/mol. The summed E-state index contributed by atoms with van der Waals surface area (Å²) in [4.78, 5) is 27.8. The fourth-order valence-corrected chi connectivity index (χ4v) is 13.4. The van der Waals surface area contributed by atoms with E-state index in [9.17, 15) is 9.59 Å². The molecule has 0 spiro atoms. The number of allylic oxidation sites excluding steroid dienone is 2. The van der Waals surface area contributed by atoms with Gasteiger partial charge in [-0.15, -0.1) is 0 Å².